The average Bonchev–Trinajstić information content (AvgIpc) is 2.03. The first-order valence-corrected chi connectivity index (χ1v) is 4.00. The number of hydrogen-bond acceptors (Lipinski definition) is 0. The molecule has 0 aliphatic rings. The summed E-state index contributed by atoms with van der Waals surface area (Å²) >= 11 is 0. The van der Waals surface area contributed by atoms with Gasteiger partial charge >= 0.3 is 0 Å². The molecule has 0 aliphatic heterocycles. The topological polar surface area (TPSA) is 0 Å². The molecule has 0 aliphatic carbocycles. The fraction of sp³-hybridized carbons (Fsp3) is 1.00. The Morgan fingerprint density at radius 2 is 0.333 bits per heavy atom. The molecule has 0 N–H and O–H groups in total. The molecule has 0 nitrogen and oxygen atoms in total. The third-order valence-corrected chi connectivity index (χ3v) is 0. The molecule has 0 saturated carbocycles. The van der Waals surface area contributed by atoms with Crippen LogP contribution in [0.25, 0.3) is 0 Å². The van der Waals surface area contributed by atoms with Gasteiger partial charge in [-0.2, -0.15) is 0 Å². The van der Waals surface area contributed by atoms with Gasteiger partial charge in [-0.1, -0.05) is 55.4 Å². The molecule has 1 heteroatoms. The molecule has 0 bridgehead atoms. The van der Waals surface area contributed by atoms with Gasteiger partial charge in [-0.05, 0) is 0 Å². The van der Waals surface area contributed by atoms with Crippen molar-refractivity contribution in [2.45, 2.75) is 55.4 Å². The first kappa shape index (κ1) is 31.8. The molecule has 0 atom stereocenters. The van der Waals surface area contributed by atoms with Crippen LogP contribution in [0.3, 0.4) is 0 Å². The van der Waals surface area contributed by atoms with Crippen LogP contribution in [0.5, 0.6) is 0 Å². The van der Waals surface area contributed by atoms with Gasteiger partial charge in [0.1, 0.15) is 0 Å². The van der Waals surface area contributed by atoms with Gasteiger partial charge in [-0.25, -0.2) is 0 Å². The minimum atomic E-state index is 0. The Morgan fingerprint density at radius 1 is 0.333 bits per heavy atom. The number of hydrogen-bond donors (Lipinski definition) is 0. The minimum Gasteiger partial charge on any atom is -0.0683 e. The Labute approximate surface area is 92.4 Å². The van der Waals surface area contributed by atoms with Crippen molar-refractivity contribution in [3.63, 3.8) is 0 Å². The van der Waals surface area contributed by atoms with Gasteiger partial charge in [-0.15, -0.1) is 0 Å². The maximum absolute atomic E-state index is 2.00. The number of rotatable bonds is 0. The molecule has 0 unspecified atom stereocenters. The molecular formula is C8H24Ar. The van der Waals surface area contributed by atoms with E-state index in [1.54, 1.807) is 0 Å². The SMILES string of the molecule is CC.CC.CC.CC.[Ar]. The second-order valence-electron chi connectivity index (χ2n) is 0. The van der Waals surface area contributed by atoms with E-state index >= 15 is 0 Å². The summed E-state index contributed by atoms with van der Waals surface area (Å²) in [6, 6.07) is 0. The predicted octanol–water partition coefficient (Wildman–Crippen LogP) is 4.10. The van der Waals surface area contributed by atoms with Crippen LogP contribution < -0.4 is 0 Å². The van der Waals surface area contributed by atoms with E-state index in [0.717, 1.165) is 0 Å². The largest absolute Gasteiger partial charge is 0.0683 e. The summed E-state index contributed by atoms with van der Waals surface area (Å²) < 4.78 is 0. The maximum Gasteiger partial charge on any atom is 0 e. The monoisotopic (exact) mass is 160 g/mol. The summed E-state index contributed by atoms with van der Waals surface area (Å²) in [7, 11) is 0. The Kier molecular flexibility index (Phi) is 1410. The summed E-state index contributed by atoms with van der Waals surface area (Å²) in [5.74, 6) is 0. The summed E-state index contributed by atoms with van der Waals surface area (Å²) in [5, 5.41) is 0. The van der Waals surface area contributed by atoms with Crippen LogP contribution in [-0.2, 0) is 0 Å². The standard InChI is InChI=1S/4C2H6.Ar/c4*1-2;/h4*1-2H3;. The van der Waals surface area contributed by atoms with Crippen LogP contribution in [0.2, 0.25) is 0 Å². The van der Waals surface area contributed by atoms with Gasteiger partial charge in [0.05, 0.1) is 0 Å². The van der Waals surface area contributed by atoms with E-state index in [0.29, 0.717) is 0 Å². The molecule has 0 fully saturated rings. The van der Waals surface area contributed by atoms with Gasteiger partial charge in [0.2, 0.25) is 0 Å². The molecule has 0 aromatic heterocycles. The molecule has 0 aromatic rings. The second kappa shape index (κ2) is 398. The van der Waals surface area contributed by atoms with Gasteiger partial charge in [0.25, 0.3) is 0 Å². The third-order valence-electron chi connectivity index (χ3n) is 0. The third kappa shape index (κ3) is 308. The molecule has 0 amide bonds. The van der Waals surface area contributed by atoms with Crippen LogP contribution >= 0.6 is 0 Å². The van der Waals surface area contributed by atoms with Crippen LogP contribution in [-0.4, -0.2) is 0 Å². The van der Waals surface area contributed by atoms with E-state index in [9.17, 15) is 0 Å². The summed E-state index contributed by atoms with van der Waals surface area (Å²) in [6.07, 6.45) is 0. The summed E-state index contributed by atoms with van der Waals surface area (Å²) in [4.78, 5) is 0. The normalized spacial score (nSPS) is 2.67. The Balaban J connectivity index is -0.00000000762. The molecule has 9 heavy (non-hydrogen) atoms. The van der Waals surface area contributed by atoms with E-state index in [4.69, 9.17) is 0 Å². The average molecular weight is 160 g/mol. The molecule has 0 heterocycles. The summed E-state index contributed by atoms with van der Waals surface area (Å²) in [5.41, 5.74) is 0. The van der Waals surface area contributed by atoms with E-state index in [-0.39, 0.29) is 37.7 Å². The van der Waals surface area contributed by atoms with Crippen LogP contribution in [0.4, 0.5) is 0 Å². The van der Waals surface area contributed by atoms with E-state index in [1.165, 1.54) is 0 Å². The van der Waals surface area contributed by atoms with Crippen molar-refractivity contribution < 1.29 is 37.7 Å². The van der Waals surface area contributed by atoms with Crippen molar-refractivity contribution in [3.8, 4) is 0 Å². The van der Waals surface area contributed by atoms with Crippen molar-refractivity contribution >= 4 is 0 Å². The Morgan fingerprint density at radius 3 is 0.333 bits per heavy atom. The molecule has 0 spiro atoms. The van der Waals surface area contributed by atoms with Crippen molar-refractivity contribution in [2.24, 2.45) is 0 Å². The van der Waals surface area contributed by atoms with Crippen LogP contribution in [0, 0.1) is 37.7 Å². The molecule has 0 aromatic carbocycles. The first-order valence-electron chi connectivity index (χ1n) is 4.00. The molecule has 0 saturated heterocycles. The predicted molar refractivity (Wildman–Crippen MR) is 45.4 cm³/mol. The van der Waals surface area contributed by atoms with E-state index in [2.05, 4.69) is 0 Å². The van der Waals surface area contributed by atoms with Gasteiger partial charge in [0.15, 0.2) is 0 Å². The second-order valence-corrected chi connectivity index (χ2v) is 0. The van der Waals surface area contributed by atoms with Crippen LogP contribution in [0.15, 0.2) is 0 Å². The summed E-state index contributed by atoms with van der Waals surface area (Å²) in [6.45, 7) is 16.0. The van der Waals surface area contributed by atoms with E-state index < -0.39 is 0 Å². The fourth-order valence-corrected chi connectivity index (χ4v) is 0. The Hall–Kier alpha value is 1.26. The molecule has 0 radical (unpaired) electrons. The Bertz CT molecular complexity index is 4.53. The smallest absolute Gasteiger partial charge is 0 e. The van der Waals surface area contributed by atoms with Crippen LogP contribution in [0.1, 0.15) is 55.4 Å². The van der Waals surface area contributed by atoms with Gasteiger partial charge in [-0.3, -0.25) is 0 Å². The van der Waals surface area contributed by atoms with Crippen molar-refractivity contribution in [1.29, 1.82) is 0 Å². The quantitative estimate of drug-likeness (QED) is 0.500. The zero-order valence-corrected chi connectivity index (χ0v) is 9.06. The van der Waals surface area contributed by atoms with Crippen molar-refractivity contribution in [1.82, 2.24) is 0 Å². The van der Waals surface area contributed by atoms with E-state index in [1.807, 2.05) is 55.4 Å². The zero-order valence-electron chi connectivity index (χ0n) is 8.35. The molecule has 64 valence electrons. The van der Waals surface area contributed by atoms with Crippen molar-refractivity contribution in [3.05, 3.63) is 0 Å². The van der Waals surface area contributed by atoms with Gasteiger partial charge < -0.3 is 0 Å². The molecular weight excluding hydrogens is 136 g/mol. The fourth-order valence-electron chi connectivity index (χ4n) is 0. The maximum atomic E-state index is 2.00. The van der Waals surface area contributed by atoms with Gasteiger partial charge in [0, 0.05) is 37.7 Å². The zero-order chi connectivity index (χ0) is 8.00. The molecule has 0 rings (SSSR count). The van der Waals surface area contributed by atoms with Crippen molar-refractivity contribution in [2.75, 3.05) is 0 Å². The first-order chi connectivity index (χ1) is 4.00. The minimum absolute atomic E-state index is 0.